The maximum Gasteiger partial charge on any atom is 0.310 e. The second kappa shape index (κ2) is 22.5. The van der Waals surface area contributed by atoms with Crippen LogP contribution in [0.1, 0.15) is 12.8 Å². The molecule has 0 aromatic heterocycles. The molecule has 2 heterocycles. The second-order valence-electron chi connectivity index (χ2n) is 13.7. The Bertz CT molecular complexity index is 2240. The summed E-state index contributed by atoms with van der Waals surface area (Å²) in [7, 11) is -5.66. The Kier molecular flexibility index (Phi) is 17.2. The van der Waals surface area contributed by atoms with Crippen molar-refractivity contribution in [2.45, 2.75) is 12.8 Å². The minimum absolute atomic E-state index is 0.00208. The predicted octanol–water partition coefficient (Wildman–Crippen LogP) is 4.11. The molecule has 4 aromatic carbocycles. The number of aliphatic hydroxyl groups is 3. The van der Waals surface area contributed by atoms with Crippen molar-refractivity contribution < 1.29 is 76.4 Å². The number of benzene rings is 4. The summed E-state index contributed by atoms with van der Waals surface area (Å²) in [4.78, 5) is 49.4. The molecule has 3 N–H and O–H groups in total. The lowest BCUT2D eigenvalue weighted by Crippen LogP contribution is -2.30. The molecule has 0 aliphatic carbocycles. The molecular formula is C43H48O16P2. The van der Waals surface area contributed by atoms with Crippen molar-refractivity contribution >= 4 is 49.2 Å². The summed E-state index contributed by atoms with van der Waals surface area (Å²) in [6.07, 6.45) is -1.22. The number of ether oxygens (including phenoxy) is 5. The zero-order chi connectivity index (χ0) is 43.8. The van der Waals surface area contributed by atoms with E-state index in [0.29, 0.717) is 22.1 Å². The molecule has 4 unspecified atom stereocenters. The van der Waals surface area contributed by atoms with Crippen LogP contribution < -0.4 is 19.7 Å². The Labute approximate surface area is 352 Å². The summed E-state index contributed by atoms with van der Waals surface area (Å²) in [6, 6.07) is 28.6. The van der Waals surface area contributed by atoms with E-state index < -0.39 is 50.5 Å². The van der Waals surface area contributed by atoms with Gasteiger partial charge in [0.05, 0.1) is 74.0 Å². The lowest BCUT2D eigenvalue weighted by molar-refractivity contribution is -0.155. The van der Waals surface area contributed by atoms with Gasteiger partial charge in [-0.2, -0.15) is 0 Å². The average molecular weight is 883 g/mol. The number of carbonyl (C=O) groups excluding carboxylic acids is 4. The van der Waals surface area contributed by atoms with E-state index in [1.54, 1.807) is 48.5 Å². The van der Waals surface area contributed by atoms with E-state index in [9.17, 15) is 28.3 Å². The lowest BCUT2D eigenvalue weighted by atomic mass is 10.0. The monoisotopic (exact) mass is 882 g/mol. The SMILES string of the molecule is COCCOC(=O)C(CC(=O)OCCO)CP1(=O)Oc2ccccc2-c2ccccc21.O=C(CC(CP1(=O)Oc2ccccc2-c2ccccc21)C(=O)OCCO)OCCO. The van der Waals surface area contributed by atoms with E-state index in [0.717, 1.165) is 22.3 Å². The summed E-state index contributed by atoms with van der Waals surface area (Å²) in [6.45, 7) is -1.50. The summed E-state index contributed by atoms with van der Waals surface area (Å²) >= 11 is 0. The van der Waals surface area contributed by atoms with Crippen LogP contribution in [0.15, 0.2) is 97.1 Å². The van der Waals surface area contributed by atoms with E-state index in [1.165, 1.54) is 7.11 Å². The molecule has 4 aromatic rings. The Morgan fingerprint density at radius 2 is 0.869 bits per heavy atom. The molecule has 2 aliphatic rings. The molecule has 0 bridgehead atoms. The minimum atomic E-state index is -3.58. The van der Waals surface area contributed by atoms with Crippen molar-refractivity contribution in [3.05, 3.63) is 97.1 Å². The van der Waals surface area contributed by atoms with Gasteiger partial charge in [0, 0.05) is 18.2 Å². The van der Waals surface area contributed by atoms with Crippen molar-refractivity contribution in [2.75, 3.05) is 72.3 Å². The summed E-state index contributed by atoms with van der Waals surface area (Å²) in [5.41, 5.74) is 3.11. The van der Waals surface area contributed by atoms with E-state index in [4.69, 9.17) is 48.1 Å². The molecule has 0 saturated carbocycles. The van der Waals surface area contributed by atoms with Gasteiger partial charge in [-0.1, -0.05) is 72.8 Å². The van der Waals surface area contributed by atoms with Crippen LogP contribution in [0.5, 0.6) is 11.5 Å². The number of fused-ring (bicyclic) bond motifs is 6. The first-order chi connectivity index (χ1) is 29.5. The summed E-state index contributed by atoms with van der Waals surface area (Å²) in [5.74, 6) is -4.15. The number of rotatable bonds is 19. The number of aliphatic hydroxyl groups excluding tert-OH is 3. The van der Waals surface area contributed by atoms with Crippen molar-refractivity contribution in [3.8, 4) is 33.8 Å². The Morgan fingerprint density at radius 3 is 1.28 bits per heavy atom. The molecule has 6 rings (SSSR count). The molecule has 16 nitrogen and oxygen atoms in total. The standard InChI is InChI=1S/C22H25O8P.C21H23O8P/c1-27-12-13-29-22(25)16(14-21(24)28-11-10-23)15-31(26)20-9-5-3-7-18(20)17-6-2-4-8-19(17)30-31;22-9-11-27-20(24)13-15(21(25)28-12-10-23)14-30(26)19-8-4-2-6-17(19)16-5-1-3-7-18(16)29-30/h2-9,16,23H,10-15H2,1H3;1-8,15,22-23H,9-14H2. The second-order valence-corrected chi connectivity index (χ2v) is 18.4. The Morgan fingerprint density at radius 1 is 0.508 bits per heavy atom. The van der Waals surface area contributed by atoms with Crippen molar-refractivity contribution in [1.29, 1.82) is 0 Å². The summed E-state index contributed by atoms with van der Waals surface area (Å²) in [5, 5.41) is 27.6. The molecular weight excluding hydrogens is 834 g/mol. The van der Waals surface area contributed by atoms with Crippen LogP contribution in [-0.4, -0.2) is 111 Å². The minimum Gasteiger partial charge on any atom is -0.463 e. The van der Waals surface area contributed by atoms with Crippen molar-refractivity contribution in [1.82, 2.24) is 0 Å². The zero-order valence-electron chi connectivity index (χ0n) is 33.4. The smallest absolute Gasteiger partial charge is 0.310 e. The Hall–Kier alpha value is -5.34. The van der Waals surface area contributed by atoms with Gasteiger partial charge in [-0.05, 0) is 35.4 Å². The quantitative estimate of drug-likeness (QED) is 0.0521. The van der Waals surface area contributed by atoms with Gasteiger partial charge in [0.1, 0.15) is 37.9 Å². The first-order valence-corrected chi connectivity index (χ1v) is 23.0. The maximum absolute atomic E-state index is 14.0. The highest BCUT2D eigenvalue weighted by atomic mass is 31.2. The Balaban J connectivity index is 0.000000231. The molecule has 0 saturated heterocycles. The fourth-order valence-electron chi connectivity index (χ4n) is 6.69. The van der Waals surface area contributed by atoms with Crippen molar-refractivity contribution in [3.63, 3.8) is 0 Å². The first-order valence-electron chi connectivity index (χ1n) is 19.4. The van der Waals surface area contributed by atoms with Gasteiger partial charge >= 0.3 is 23.9 Å². The van der Waals surface area contributed by atoms with E-state index in [-0.39, 0.29) is 78.0 Å². The van der Waals surface area contributed by atoms with Crippen LogP contribution in [0.2, 0.25) is 0 Å². The fourth-order valence-corrected chi connectivity index (χ4v) is 11.9. The van der Waals surface area contributed by atoms with Crippen LogP contribution in [0.4, 0.5) is 0 Å². The topological polar surface area (TPSA) is 228 Å². The molecule has 2 aliphatic heterocycles. The van der Waals surface area contributed by atoms with Gasteiger partial charge < -0.3 is 48.1 Å². The number of methoxy groups -OCH3 is 1. The maximum atomic E-state index is 14.0. The predicted molar refractivity (Wildman–Crippen MR) is 222 cm³/mol. The number of esters is 4. The number of hydrogen-bond donors (Lipinski definition) is 3. The largest absolute Gasteiger partial charge is 0.463 e. The summed E-state index contributed by atoms with van der Waals surface area (Å²) < 4.78 is 64.6. The van der Waals surface area contributed by atoms with Crippen LogP contribution in [-0.2, 0) is 52.0 Å². The van der Waals surface area contributed by atoms with Gasteiger partial charge in [-0.3, -0.25) is 28.3 Å². The third-order valence-corrected chi connectivity index (χ3v) is 14.5. The van der Waals surface area contributed by atoms with E-state index >= 15 is 0 Å². The number of hydrogen-bond acceptors (Lipinski definition) is 16. The zero-order valence-corrected chi connectivity index (χ0v) is 35.2. The highest BCUT2D eigenvalue weighted by Crippen LogP contribution is 2.57. The molecule has 0 fully saturated rings. The normalized spacial score (nSPS) is 17.7. The van der Waals surface area contributed by atoms with Crippen LogP contribution in [0.3, 0.4) is 0 Å². The van der Waals surface area contributed by atoms with Crippen LogP contribution >= 0.6 is 14.7 Å². The molecule has 4 atom stereocenters. The molecule has 0 radical (unpaired) electrons. The molecule has 18 heteroatoms. The third kappa shape index (κ3) is 12.2. The molecule has 61 heavy (non-hydrogen) atoms. The first kappa shape index (κ1) is 46.7. The lowest BCUT2D eigenvalue weighted by Gasteiger charge is -2.30. The fraction of sp³-hybridized carbons (Fsp3) is 0.349. The van der Waals surface area contributed by atoms with Crippen molar-refractivity contribution in [2.24, 2.45) is 11.8 Å². The van der Waals surface area contributed by atoms with Crippen LogP contribution in [0, 0.1) is 11.8 Å². The highest BCUT2D eigenvalue weighted by Gasteiger charge is 2.42. The van der Waals surface area contributed by atoms with Gasteiger partial charge in [0.25, 0.3) is 14.7 Å². The van der Waals surface area contributed by atoms with Gasteiger partial charge in [-0.25, -0.2) is 0 Å². The molecule has 326 valence electrons. The highest BCUT2D eigenvalue weighted by molar-refractivity contribution is 7.68. The average Bonchev–Trinajstić information content (AvgIpc) is 3.26. The molecule has 0 amide bonds. The third-order valence-electron chi connectivity index (χ3n) is 9.38. The van der Waals surface area contributed by atoms with Gasteiger partial charge in [0.15, 0.2) is 0 Å². The molecule has 0 spiro atoms. The van der Waals surface area contributed by atoms with Gasteiger partial charge in [-0.15, -0.1) is 0 Å². The van der Waals surface area contributed by atoms with Gasteiger partial charge in [0.2, 0.25) is 0 Å². The van der Waals surface area contributed by atoms with E-state index in [1.807, 2.05) is 48.5 Å². The number of para-hydroxylation sites is 2. The number of carbonyl (C=O) groups is 4. The van der Waals surface area contributed by atoms with Crippen LogP contribution in [0.25, 0.3) is 22.3 Å². The van der Waals surface area contributed by atoms with E-state index in [2.05, 4.69) is 0 Å².